The number of hydrogen-bond acceptors (Lipinski definition) is 3. The summed E-state index contributed by atoms with van der Waals surface area (Å²) in [5.74, 6) is 0.00883. The first-order chi connectivity index (χ1) is 8.20. The summed E-state index contributed by atoms with van der Waals surface area (Å²) < 4.78 is 6.52. The van der Waals surface area contributed by atoms with Crippen LogP contribution >= 0.6 is 0 Å². The minimum atomic E-state index is -0.222. The van der Waals surface area contributed by atoms with Crippen LogP contribution < -0.4 is 0 Å². The van der Waals surface area contributed by atoms with Gasteiger partial charge in [-0.05, 0) is 24.8 Å². The van der Waals surface area contributed by atoms with Gasteiger partial charge in [0.05, 0.1) is 13.5 Å². The Labute approximate surface area is 101 Å². The molecule has 1 heterocycles. The number of rotatable bonds is 3. The third-order valence-electron chi connectivity index (χ3n) is 3.16. The number of Topliss-reactive ketones (excluding diaryl/α,β-unsaturated/α-hetero) is 1. The smallest absolute Gasteiger partial charge is 0.307 e. The van der Waals surface area contributed by atoms with E-state index in [-0.39, 0.29) is 11.8 Å². The van der Waals surface area contributed by atoms with Crippen molar-refractivity contribution in [1.82, 2.24) is 4.57 Å². The van der Waals surface area contributed by atoms with Gasteiger partial charge < -0.3 is 9.30 Å². The number of carbonyl (C=O) groups is 2. The van der Waals surface area contributed by atoms with Crippen molar-refractivity contribution in [3.8, 4) is 0 Å². The molecule has 92 valence electrons. The molecule has 4 heteroatoms. The molecule has 0 saturated carbocycles. The predicted molar refractivity (Wildman–Crippen MR) is 63.0 cm³/mol. The van der Waals surface area contributed by atoms with Crippen LogP contribution in [0.5, 0.6) is 0 Å². The number of aryl methyl sites for hydroxylation is 2. The molecule has 0 bridgehead atoms. The molecule has 0 N–H and O–H groups in total. The highest BCUT2D eigenvalue weighted by atomic mass is 16.5. The van der Waals surface area contributed by atoms with Crippen molar-refractivity contribution in [2.75, 3.05) is 7.11 Å². The molecule has 0 radical (unpaired) electrons. The highest BCUT2D eigenvalue weighted by Gasteiger charge is 2.17. The highest BCUT2D eigenvalue weighted by molar-refractivity contribution is 5.97. The van der Waals surface area contributed by atoms with Gasteiger partial charge in [-0.2, -0.15) is 0 Å². The first kappa shape index (κ1) is 11.9. The number of ether oxygens (including phenoxy) is 1. The van der Waals surface area contributed by atoms with Crippen molar-refractivity contribution >= 4 is 11.8 Å². The number of aromatic nitrogens is 1. The summed E-state index contributed by atoms with van der Waals surface area (Å²) in [5.41, 5.74) is 1.96. The van der Waals surface area contributed by atoms with Crippen LogP contribution in [0.25, 0.3) is 0 Å². The predicted octanol–water partition coefficient (Wildman–Crippen LogP) is 1.96. The second-order valence-corrected chi connectivity index (χ2v) is 4.39. The van der Waals surface area contributed by atoms with Crippen LogP contribution in [-0.4, -0.2) is 23.4 Å². The fourth-order valence-corrected chi connectivity index (χ4v) is 2.19. The molecule has 0 fully saturated rings. The second kappa shape index (κ2) is 5.17. The summed E-state index contributed by atoms with van der Waals surface area (Å²) in [4.78, 5) is 22.9. The molecular formula is C13H17NO3. The van der Waals surface area contributed by atoms with E-state index in [9.17, 15) is 9.59 Å². The molecule has 0 atom stereocenters. The first-order valence-electron chi connectivity index (χ1n) is 5.99. The van der Waals surface area contributed by atoms with Gasteiger partial charge in [0, 0.05) is 30.9 Å². The van der Waals surface area contributed by atoms with Gasteiger partial charge in [0.15, 0.2) is 5.78 Å². The minimum Gasteiger partial charge on any atom is -0.469 e. The molecule has 1 aliphatic carbocycles. The zero-order chi connectivity index (χ0) is 12.3. The first-order valence-corrected chi connectivity index (χ1v) is 5.99. The zero-order valence-corrected chi connectivity index (χ0v) is 10.1. The number of nitrogens with zero attached hydrogens (tertiary/aromatic N) is 1. The molecule has 0 unspecified atom stereocenters. The van der Waals surface area contributed by atoms with E-state index >= 15 is 0 Å². The van der Waals surface area contributed by atoms with Gasteiger partial charge >= 0.3 is 5.97 Å². The molecule has 0 aliphatic heterocycles. The summed E-state index contributed by atoms with van der Waals surface area (Å²) in [6.45, 7) is 0.576. The molecule has 0 amide bonds. The lowest BCUT2D eigenvalue weighted by molar-refractivity contribution is -0.140. The average Bonchev–Trinajstić information content (AvgIpc) is 2.67. The van der Waals surface area contributed by atoms with Gasteiger partial charge in [0.2, 0.25) is 0 Å². The van der Waals surface area contributed by atoms with Crippen LogP contribution in [0.1, 0.15) is 41.6 Å². The summed E-state index contributed by atoms with van der Waals surface area (Å²) in [7, 11) is 1.39. The lowest BCUT2D eigenvalue weighted by Crippen LogP contribution is -2.05. The molecule has 1 aromatic heterocycles. The largest absolute Gasteiger partial charge is 0.469 e. The van der Waals surface area contributed by atoms with Crippen molar-refractivity contribution in [3.05, 3.63) is 23.5 Å². The summed E-state index contributed by atoms with van der Waals surface area (Å²) in [5, 5.41) is 0. The van der Waals surface area contributed by atoms with Crippen LogP contribution in [0.4, 0.5) is 0 Å². The van der Waals surface area contributed by atoms with Gasteiger partial charge in [-0.3, -0.25) is 9.59 Å². The van der Waals surface area contributed by atoms with E-state index in [1.807, 2.05) is 17.0 Å². The Kier molecular flexibility index (Phi) is 3.61. The van der Waals surface area contributed by atoms with Crippen molar-refractivity contribution in [3.63, 3.8) is 0 Å². The van der Waals surface area contributed by atoms with Crippen LogP contribution in [-0.2, 0) is 22.5 Å². The van der Waals surface area contributed by atoms with Gasteiger partial charge in [0.25, 0.3) is 0 Å². The highest BCUT2D eigenvalue weighted by Crippen LogP contribution is 2.21. The Morgan fingerprint density at radius 1 is 1.35 bits per heavy atom. The van der Waals surface area contributed by atoms with E-state index < -0.39 is 0 Å². The third kappa shape index (κ3) is 2.75. The molecule has 1 aromatic rings. The van der Waals surface area contributed by atoms with Crippen molar-refractivity contribution in [1.29, 1.82) is 0 Å². The summed E-state index contributed by atoms with van der Waals surface area (Å²) in [6, 6.07) is 0. The number of fused-ring (bicyclic) bond motifs is 1. The summed E-state index contributed by atoms with van der Waals surface area (Å²) in [6.07, 6.45) is 7.86. The Bertz CT molecular complexity index is 434. The van der Waals surface area contributed by atoms with Crippen molar-refractivity contribution in [2.45, 2.75) is 38.6 Å². The maximum Gasteiger partial charge on any atom is 0.307 e. The topological polar surface area (TPSA) is 48.3 Å². The Balaban J connectivity index is 2.08. The maximum atomic E-state index is 11.8. The third-order valence-corrected chi connectivity index (χ3v) is 3.16. The normalized spacial score (nSPS) is 15.2. The van der Waals surface area contributed by atoms with E-state index in [1.54, 1.807) is 0 Å². The molecule has 2 rings (SSSR count). The number of esters is 1. The van der Waals surface area contributed by atoms with Gasteiger partial charge in [0.1, 0.15) is 0 Å². The SMILES string of the molecule is COC(=O)CCn1cc2c(c1)C(=O)CCCC2. The van der Waals surface area contributed by atoms with Gasteiger partial charge in [-0.1, -0.05) is 0 Å². The lowest BCUT2D eigenvalue weighted by atomic mass is 10.1. The maximum absolute atomic E-state index is 11.8. The Morgan fingerprint density at radius 3 is 2.88 bits per heavy atom. The quantitative estimate of drug-likeness (QED) is 0.594. The fraction of sp³-hybridized carbons (Fsp3) is 0.538. The monoisotopic (exact) mass is 235 g/mol. The second-order valence-electron chi connectivity index (χ2n) is 4.39. The summed E-state index contributed by atoms with van der Waals surface area (Å²) >= 11 is 0. The van der Waals surface area contributed by atoms with Crippen molar-refractivity contribution in [2.24, 2.45) is 0 Å². The molecule has 0 spiro atoms. The lowest BCUT2D eigenvalue weighted by Gasteiger charge is -2.01. The minimum absolute atomic E-state index is 0.222. The number of methoxy groups -OCH3 is 1. The standard InChI is InChI=1S/C13H17NO3/c1-17-13(16)6-7-14-8-10-4-2-3-5-12(15)11(10)9-14/h8-9H,2-7H2,1H3. The number of ketones is 1. The van der Waals surface area contributed by atoms with E-state index in [0.717, 1.165) is 30.4 Å². The van der Waals surface area contributed by atoms with E-state index in [1.165, 1.54) is 7.11 Å². The fourth-order valence-electron chi connectivity index (χ4n) is 2.19. The van der Waals surface area contributed by atoms with E-state index in [0.29, 0.717) is 19.4 Å². The van der Waals surface area contributed by atoms with Crippen LogP contribution in [0.2, 0.25) is 0 Å². The number of hydrogen-bond donors (Lipinski definition) is 0. The van der Waals surface area contributed by atoms with Gasteiger partial charge in [-0.15, -0.1) is 0 Å². The molecule has 1 aliphatic rings. The Morgan fingerprint density at radius 2 is 2.12 bits per heavy atom. The molecule has 0 saturated heterocycles. The molecular weight excluding hydrogens is 218 g/mol. The average molecular weight is 235 g/mol. The van der Waals surface area contributed by atoms with Crippen LogP contribution in [0.3, 0.4) is 0 Å². The molecule has 17 heavy (non-hydrogen) atoms. The number of carbonyl (C=O) groups excluding carboxylic acids is 2. The van der Waals surface area contributed by atoms with Crippen LogP contribution in [0, 0.1) is 0 Å². The zero-order valence-electron chi connectivity index (χ0n) is 10.1. The van der Waals surface area contributed by atoms with E-state index in [4.69, 9.17) is 0 Å². The van der Waals surface area contributed by atoms with Crippen molar-refractivity contribution < 1.29 is 14.3 Å². The Hall–Kier alpha value is -1.58. The van der Waals surface area contributed by atoms with E-state index in [2.05, 4.69) is 4.74 Å². The molecule has 0 aromatic carbocycles. The van der Waals surface area contributed by atoms with Crippen LogP contribution in [0.15, 0.2) is 12.4 Å². The molecule has 4 nitrogen and oxygen atoms in total. The van der Waals surface area contributed by atoms with Gasteiger partial charge in [-0.25, -0.2) is 0 Å².